The number of phosphoric ester groups is 1. The van der Waals surface area contributed by atoms with Crippen molar-refractivity contribution in [3.8, 4) is 0 Å². The van der Waals surface area contributed by atoms with E-state index < -0.39 is 104 Å². The number of hydrogen-bond donors (Lipinski definition) is 1. The van der Waals surface area contributed by atoms with Gasteiger partial charge in [0.2, 0.25) is 5.79 Å². The average molecular weight is 1240 g/mol. The summed E-state index contributed by atoms with van der Waals surface area (Å²) in [7, 11) is -5.68. The molecule has 0 radical (unpaired) electrons. The molecule has 6 nitrogen and oxygen atoms in total. The Bertz CT molecular complexity index is 3110. The fourth-order valence-corrected chi connectivity index (χ4v) is 13.2. The van der Waals surface area contributed by atoms with Crippen LogP contribution in [0.2, 0.25) is 0 Å². The lowest BCUT2D eigenvalue weighted by molar-refractivity contribution is -0.182. The molecule has 0 spiro atoms. The first-order valence-corrected chi connectivity index (χ1v) is 32.1. The summed E-state index contributed by atoms with van der Waals surface area (Å²) in [4.78, 5) is 13.8. The molecule has 2 heterocycles. The second-order valence-electron chi connectivity index (χ2n) is 33.2. The highest BCUT2D eigenvalue weighted by atomic mass is 31.2. The van der Waals surface area contributed by atoms with Gasteiger partial charge in [0.25, 0.3) is 0 Å². The maximum atomic E-state index is 17.0. The quantitative estimate of drug-likeness (QED) is 0.132. The fourth-order valence-electron chi connectivity index (χ4n) is 11.8. The van der Waals surface area contributed by atoms with Crippen LogP contribution in [0.1, 0.15) is 255 Å². The minimum atomic E-state index is -5.68. The maximum absolute atomic E-state index is 17.0. The van der Waals surface area contributed by atoms with Crippen molar-refractivity contribution in [1.29, 1.82) is 0 Å². The zero-order valence-electron chi connectivity index (χ0n) is 56.4. The Morgan fingerprint density at radius 3 is 0.648 bits per heavy atom. The maximum Gasteiger partial charge on any atom is 0.474 e. The molecule has 0 saturated carbocycles. The standard InChI is InChI=1S/C75H95F6O6P/c1-63(2,3)49-33-50(64(4,5)6)38-57(37-49)71(58-39-51(65(7,8)9)34-52(40-58)66(10,11)12)61-62(85-73(84-61,45-25-29-47(30-26-45)74(76,77)78)46-27-31-48(32-28-46)75(79,80)81)72(87-88(82,83)86-71,59-41-53(67(13,14)15)35-54(42-59)68(16,17)18)60-43-55(69(19,20)21)36-56(44-60)70(22,23)24/h25-44,61-62H,1-24H3,(H,82,83)/t61-,62-/m0/s1. The average Bonchev–Trinajstić information content (AvgIpc) is 1.56. The smallest absolute Gasteiger partial charge is 0.332 e. The van der Waals surface area contributed by atoms with Gasteiger partial charge in [-0.1, -0.05) is 263 Å². The molecule has 2 fully saturated rings. The van der Waals surface area contributed by atoms with Gasteiger partial charge in [-0.3, -0.25) is 9.05 Å². The monoisotopic (exact) mass is 1240 g/mol. The number of halogens is 6. The zero-order chi connectivity index (χ0) is 66.4. The predicted molar refractivity (Wildman–Crippen MR) is 342 cm³/mol. The Hall–Kier alpha value is -5.07. The number of ether oxygens (including phenoxy) is 2. The molecule has 0 bridgehead atoms. The van der Waals surface area contributed by atoms with E-state index in [9.17, 15) is 31.2 Å². The Morgan fingerprint density at radius 1 is 0.307 bits per heavy atom. The summed E-state index contributed by atoms with van der Waals surface area (Å²) in [5, 5.41) is 0. The van der Waals surface area contributed by atoms with Gasteiger partial charge in [0, 0.05) is 11.1 Å². The van der Waals surface area contributed by atoms with E-state index in [0.717, 1.165) is 68.8 Å². The number of alkyl halides is 6. The van der Waals surface area contributed by atoms with Crippen LogP contribution in [0.4, 0.5) is 26.3 Å². The minimum absolute atomic E-state index is 0.0152. The van der Waals surface area contributed by atoms with Crippen LogP contribution in [-0.2, 0) is 95.7 Å². The minimum Gasteiger partial charge on any atom is -0.332 e. The van der Waals surface area contributed by atoms with Crippen LogP contribution in [-0.4, -0.2) is 17.1 Å². The zero-order valence-corrected chi connectivity index (χ0v) is 57.3. The van der Waals surface area contributed by atoms with Crippen LogP contribution in [0, 0.1) is 0 Å². The first-order chi connectivity index (χ1) is 39.5. The first kappa shape index (κ1) is 68.8. The van der Waals surface area contributed by atoms with E-state index in [-0.39, 0.29) is 11.1 Å². The van der Waals surface area contributed by atoms with Crippen LogP contribution in [0.3, 0.4) is 0 Å². The predicted octanol–water partition coefficient (Wildman–Crippen LogP) is 21.1. The third kappa shape index (κ3) is 13.3. The molecule has 88 heavy (non-hydrogen) atoms. The largest absolute Gasteiger partial charge is 0.474 e. The van der Waals surface area contributed by atoms with E-state index in [2.05, 4.69) is 190 Å². The van der Waals surface area contributed by atoms with Gasteiger partial charge in [-0.2, -0.15) is 26.3 Å². The molecule has 6 aromatic rings. The molecule has 0 unspecified atom stereocenters. The molecule has 2 atom stereocenters. The first-order valence-electron chi connectivity index (χ1n) is 30.7. The van der Waals surface area contributed by atoms with E-state index >= 15 is 4.57 Å². The fraction of sp³-hybridized carbons (Fsp3) is 0.520. The van der Waals surface area contributed by atoms with Crippen molar-refractivity contribution in [1.82, 2.24) is 0 Å². The number of rotatable bonds is 6. The molecule has 478 valence electrons. The molecule has 13 heteroatoms. The summed E-state index contributed by atoms with van der Waals surface area (Å²) in [6, 6.07) is 32.7. The third-order valence-electron chi connectivity index (χ3n) is 17.7. The molecule has 2 aliphatic heterocycles. The van der Waals surface area contributed by atoms with Crippen LogP contribution >= 0.6 is 7.82 Å². The molecule has 2 saturated heterocycles. The van der Waals surface area contributed by atoms with E-state index in [1.165, 1.54) is 24.3 Å². The molecule has 0 aromatic heterocycles. The number of fused-ring (bicyclic) bond motifs is 1. The van der Waals surface area contributed by atoms with E-state index in [1.54, 1.807) is 0 Å². The Balaban J connectivity index is 1.76. The molecular weight excluding hydrogens is 1140 g/mol. The highest BCUT2D eigenvalue weighted by Gasteiger charge is 2.71. The van der Waals surface area contributed by atoms with E-state index in [1.807, 2.05) is 48.5 Å². The van der Waals surface area contributed by atoms with Crippen molar-refractivity contribution in [2.45, 2.75) is 251 Å². The lowest BCUT2D eigenvalue weighted by Crippen LogP contribution is -2.54. The number of phosphoric acid groups is 1. The van der Waals surface area contributed by atoms with Gasteiger partial charge in [0.05, 0.1) is 11.1 Å². The lowest BCUT2D eigenvalue weighted by Gasteiger charge is -2.43. The highest BCUT2D eigenvalue weighted by Crippen LogP contribution is 2.69. The van der Waals surface area contributed by atoms with Crippen molar-refractivity contribution in [2.75, 3.05) is 0 Å². The second kappa shape index (κ2) is 21.8. The van der Waals surface area contributed by atoms with Crippen LogP contribution in [0.15, 0.2) is 121 Å². The normalized spacial score (nSPS) is 19.5. The van der Waals surface area contributed by atoms with Crippen molar-refractivity contribution < 1.29 is 54.3 Å². The van der Waals surface area contributed by atoms with Gasteiger partial charge >= 0.3 is 20.2 Å². The van der Waals surface area contributed by atoms with Crippen molar-refractivity contribution in [2.24, 2.45) is 0 Å². The molecule has 1 N–H and O–H groups in total. The topological polar surface area (TPSA) is 74.2 Å². The summed E-state index contributed by atoms with van der Waals surface area (Å²) >= 11 is 0. The van der Waals surface area contributed by atoms with E-state index in [4.69, 9.17) is 18.5 Å². The van der Waals surface area contributed by atoms with Crippen LogP contribution in [0.5, 0.6) is 0 Å². The van der Waals surface area contributed by atoms with E-state index in [0.29, 0.717) is 22.3 Å². The molecule has 0 amide bonds. The second-order valence-corrected chi connectivity index (χ2v) is 34.5. The Morgan fingerprint density at radius 2 is 0.489 bits per heavy atom. The molecule has 6 aromatic carbocycles. The Kier molecular flexibility index (Phi) is 17.0. The van der Waals surface area contributed by atoms with Gasteiger partial charge in [-0.25, -0.2) is 4.57 Å². The Labute approximate surface area is 521 Å². The SMILES string of the molecule is CC(C)(C)c1cc(C(C)(C)C)cc(C2(c3cc(C(C)(C)C)cc(C(C)(C)C)c3)OP(=O)(O)OC(c3cc(C(C)(C)C)cc(C(C)(C)C)c3)(c3cc(C(C)(C)C)cc(C(C)(C)C)c3)[C@H]3OC(c4ccc(C(F)(F)F)cc4)(c4ccc(C(F)(F)F)cc4)O[C@@H]32)c1. The number of benzene rings is 6. The highest BCUT2D eigenvalue weighted by molar-refractivity contribution is 7.47. The summed E-state index contributed by atoms with van der Waals surface area (Å²) in [5.41, 5.74) is -3.08. The van der Waals surface area contributed by atoms with Gasteiger partial charge in [-0.05, 0) is 134 Å². The summed E-state index contributed by atoms with van der Waals surface area (Å²) in [6.45, 7) is 49.8. The van der Waals surface area contributed by atoms with Gasteiger partial charge in [0.1, 0.15) is 12.2 Å². The van der Waals surface area contributed by atoms with Crippen LogP contribution in [0.25, 0.3) is 0 Å². The molecule has 8 rings (SSSR count). The van der Waals surface area contributed by atoms with Crippen LogP contribution < -0.4 is 0 Å². The molecule has 2 aliphatic rings. The molecule has 0 aliphatic carbocycles. The summed E-state index contributed by atoms with van der Waals surface area (Å²) in [6.07, 6.45) is -13.0. The van der Waals surface area contributed by atoms with Gasteiger partial charge < -0.3 is 14.4 Å². The number of hydrogen-bond acceptors (Lipinski definition) is 5. The van der Waals surface area contributed by atoms with Crippen molar-refractivity contribution in [3.63, 3.8) is 0 Å². The van der Waals surface area contributed by atoms with Gasteiger partial charge in [0.15, 0.2) is 11.2 Å². The third-order valence-corrected chi connectivity index (χ3v) is 18.8. The van der Waals surface area contributed by atoms with Gasteiger partial charge in [-0.15, -0.1) is 0 Å². The van der Waals surface area contributed by atoms with Crippen molar-refractivity contribution >= 4 is 7.82 Å². The summed E-state index contributed by atoms with van der Waals surface area (Å²) in [5.74, 6) is -2.43. The summed E-state index contributed by atoms with van der Waals surface area (Å²) < 4.78 is 137. The molecular formula is C75H95F6O6P. The lowest BCUT2D eigenvalue weighted by atomic mass is 9.67. The van der Waals surface area contributed by atoms with Crippen molar-refractivity contribution in [3.05, 3.63) is 210 Å².